The molecule has 2 aromatic rings. The fraction of sp³-hybridized carbons (Fsp3) is 0.0769. The number of hydrogen-bond acceptors (Lipinski definition) is 3. The standard InChI is InChI=1S/C13H10Br3N3O2/c14-8-4-10(15)13(11(16)5-8)21-7-12(20)19-18-6-9-2-1-3-17-9/h1-6,17H,7H2,(H,19,20)/b18-6-. The van der Waals surface area contributed by atoms with Crippen LogP contribution >= 0.6 is 47.8 Å². The van der Waals surface area contributed by atoms with Gasteiger partial charge in [-0.1, -0.05) is 15.9 Å². The summed E-state index contributed by atoms with van der Waals surface area (Å²) in [6.07, 6.45) is 3.29. The number of H-pyrrole nitrogens is 1. The molecule has 0 fully saturated rings. The third-order valence-electron chi connectivity index (χ3n) is 2.33. The molecule has 0 aliphatic rings. The van der Waals surface area contributed by atoms with Gasteiger partial charge in [-0.05, 0) is 56.1 Å². The second kappa shape index (κ2) is 7.77. The summed E-state index contributed by atoms with van der Waals surface area (Å²) < 4.78 is 7.84. The van der Waals surface area contributed by atoms with Gasteiger partial charge in [0, 0.05) is 10.7 Å². The molecule has 5 nitrogen and oxygen atoms in total. The molecule has 0 aliphatic carbocycles. The molecule has 0 radical (unpaired) electrons. The van der Waals surface area contributed by atoms with Crippen molar-refractivity contribution in [3.63, 3.8) is 0 Å². The minimum Gasteiger partial charge on any atom is -0.481 e. The van der Waals surface area contributed by atoms with Gasteiger partial charge in [0.05, 0.1) is 20.9 Å². The lowest BCUT2D eigenvalue weighted by Crippen LogP contribution is -2.24. The van der Waals surface area contributed by atoms with Crippen LogP contribution in [0.25, 0.3) is 0 Å². The summed E-state index contributed by atoms with van der Waals surface area (Å²) in [5.74, 6) is 0.209. The second-order valence-corrected chi connectivity index (χ2v) is 6.53. The van der Waals surface area contributed by atoms with Crippen LogP contribution in [0.1, 0.15) is 5.69 Å². The fourth-order valence-electron chi connectivity index (χ4n) is 1.44. The summed E-state index contributed by atoms with van der Waals surface area (Å²) in [5.41, 5.74) is 3.19. The van der Waals surface area contributed by atoms with Crippen molar-refractivity contribution < 1.29 is 9.53 Å². The predicted molar refractivity (Wildman–Crippen MR) is 91.6 cm³/mol. The quantitative estimate of drug-likeness (QED) is 0.505. The number of carbonyl (C=O) groups is 1. The number of hydrazone groups is 1. The van der Waals surface area contributed by atoms with Gasteiger partial charge in [-0.15, -0.1) is 0 Å². The molecule has 0 bridgehead atoms. The van der Waals surface area contributed by atoms with E-state index in [-0.39, 0.29) is 12.5 Å². The third kappa shape index (κ3) is 4.98. The lowest BCUT2D eigenvalue weighted by atomic mass is 10.3. The molecule has 1 amide bonds. The maximum absolute atomic E-state index is 11.6. The van der Waals surface area contributed by atoms with E-state index in [1.54, 1.807) is 6.20 Å². The van der Waals surface area contributed by atoms with E-state index in [2.05, 4.69) is 63.3 Å². The van der Waals surface area contributed by atoms with Crippen LogP contribution in [0.5, 0.6) is 5.75 Å². The summed E-state index contributed by atoms with van der Waals surface area (Å²) in [6.45, 7) is -0.138. The Morgan fingerprint density at radius 3 is 2.67 bits per heavy atom. The van der Waals surface area contributed by atoms with E-state index in [1.807, 2.05) is 24.3 Å². The Bertz CT molecular complexity index is 634. The molecule has 1 heterocycles. The molecule has 0 unspecified atom stereocenters. The molecule has 0 saturated heterocycles. The van der Waals surface area contributed by atoms with Crippen LogP contribution in [-0.4, -0.2) is 23.7 Å². The van der Waals surface area contributed by atoms with Gasteiger partial charge in [0.1, 0.15) is 5.75 Å². The van der Waals surface area contributed by atoms with Crippen LogP contribution in [0.3, 0.4) is 0 Å². The van der Waals surface area contributed by atoms with Gasteiger partial charge in [-0.2, -0.15) is 5.10 Å². The van der Waals surface area contributed by atoms with E-state index in [4.69, 9.17) is 4.74 Å². The fourth-order valence-corrected chi connectivity index (χ4v) is 3.92. The number of ether oxygens (including phenoxy) is 1. The lowest BCUT2D eigenvalue weighted by Gasteiger charge is -2.09. The number of carbonyl (C=O) groups excluding carboxylic acids is 1. The molecule has 21 heavy (non-hydrogen) atoms. The number of nitrogens with one attached hydrogen (secondary N) is 2. The normalized spacial score (nSPS) is 10.8. The summed E-state index contributed by atoms with van der Waals surface area (Å²) in [6, 6.07) is 7.35. The first-order valence-corrected chi connectivity index (χ1v) is 8.17. The Kier molecular flexibility index (Phi) is 6.01. The molecule has 110 valence electrons. The van der Waals surface area contributed by atoms with Crippen molar-refractivity contribution in [1.82, 2.24) is 10.4 Å². The van der Waals surface area contributed by atoms with Crippen LogP contribution in [0.2, 0.25) is 0 Å². The molecule has 0 aliphatic heterocycles. The summed E-state index contributed by atoms with van der Waals surface area (Å²) >= 11 is 10.1. The average molecular weight is 480 g/mol. The van der Waals surface area contributed by atoms with Crippen LogP contribution in [0, 0.1) is 0 Å². The number of aromatic nitrogens is 1. The summed E-state index contributed by atoms with van der Waals surface area (Å²) in [4.78, 5) is 14.6. The minimum absolute atomic E-state index is 0.138. The first-order valence-electron chi connectivity index (χ1n) is 5.79. The molecule has 2 N–H and O–H groups in total. The highest BCUT2D eigenvalue weighted by atomic mass is 79.9. The van der Waals surface area contributed by atoms with Crippen LogP contribution in [0.15, 0.2) is 49.0 Å². The zero-order chi connectivity index (χ0) is 15.2. The Balaban J connectivity index is 1.87. The first kappa shape index (κ1) is 16.3. The van der Waals surface area contributed by atoms with E-state index >= 15 is 0 Å². The molecule has 1 aromatic heterocycles. The molecule has 2 rings (SSSR count). The molecule has 0 saturated carbocycles. The highest BCUT2D eigenvalue weighted by Crippen LogP contribution is 2.36. The average Bonchev–Trinajstić information content (AvgIpc) is 2.90. The van der Waals surface area contributed by atoms with Gasteiger partial charge in [0.2, 0.25) is 0 Å². The molecular weight excluding hydrogens is 470 g/mol. The first-order chi connectivity index (χ1) is 10.1. The SMILES string of the molecule is O=C(COc1c(Br)cc(Br)cc1Br)N/N=C\c1ccc[nH]1. The Morgan fingerprint density at radius 2 is 2.05 bits per heavy atom. The van der Waals surface area contributed by atoms with Gasteiger partial charge in [-0.25, -0.2) is 5.43 Å². The number of rotatable bonds is 5. The topological polar surface area (TPSA) is 66.5 Å². The van der Waals surface area contributed by atoms with Crippen LogP contribution in [0.4, 0.5) is 0 Å². The maximum Gasteiger partial charge on any atom is 0.277 e. The monoisotopic (exact) mass is 477 g/mol. The van der Waals surface area contributed by atoms with Crippen molar-refractivity contribution in [3.8, 4) is 5.75 Å². The zero-order valence-corrected chi connectivity index (χ0v) is 15.3. The van der Waals surface area contributed by atoms with E-state index < -0.39 is 0 Å². The predicted octanol–water partition coefficient (Wildman–Crippen LogP) is 3.83. The molecular formula is C13H10Br3N3O2. The number of aromatic amines is 1. The molecule has 1 aromatic carbocycles. The number of amides is 1. The Hall–Kier alpha value is -1.12. The maximum atomic E-state index is 11.6. The van der Waals surface area contributed by atoms with Crippen molar-refractivity contribution >= 4 is 59.9 Å². The summed E-state index contributed by atoms with van der Waals surface area (Å²) in [5, 5.41) is 3.82. The minimum atomic E-state index is -0.348. The van der Waals surface area contributed by atoms with Crippen molar-refractivity contribution in [2.24, 2.45) is 5.10 Å². The Morgan fingerprint density at radius 1 is 1.33 bits per heavy atom. The summed E-state index contributed by atoms with van der Waals surface area (Å²) in [7, 11) is 0. The van der Waals surface area contributed by atoms with Crippen molar-refractivity contribution in [2.45, 2.75) is 0 Å². The van der Waals surface area contributed by atoms with Crippen molar-refractivity contribution in [3.05, 3.63) is 49.6 Å². The van der Waals surface area contributed by atoms with Gasteiger partial charge in [0.25, 0.3) is 5.91 Å². The molecule has 8 heteroatoms. The molecule has 0 atom stereocenters. The zero-order valence-electron chi connectivity index (χ0n) is 10.6. The van der Waals surface area contributed by atoms with Gasteiger partial charge in [0.15, 0.2) is 6.61 Å². The Labute approximate surface area is 146 Å². The van der Waals surface area contributed by atoms with Gasteiger partial charge < -0.3 is 9.72 Å². The highest BCUT2D eigenvalue weighted by molar-refractivity contribution is 9.11. The number of nitrogens with zero attached hydrogens (tertiary/aromatic N) is 1. The van der Waals surface area contributed by atoms with E-state index in [9.17, 15) is 4.79 Å². The van der Waals surface area contributed by atoms with Crippen molar-refractivity contribution in [2.75, 3.05) is 6.61 Å². The molecule has 0 spiro atoms. The van der Waals surface area contributed by atoms with Gasteiger partial charge >= 0.3 is 0 Å². The highest BCUT2D eigenvalue weighted by Gasteiger charge is 2.10. The van der Waals surface area contributed by atoms with E-state index in [0.29, 0.717) is 5.75 Å². The van der Waals surface area contributed by atoms with E-state index in [0.717, 1.165) is 19.1 Å². The number of halogens is 3. The number of benzene rings is 1. The van der Waals surface area contributed by atoms with E-state index in [1.165, 1.54) is 6.21 Å². The third-order valence-corrected chi connectivity index (χ3v) is 3.96. The largest absolute Gasteiger partial charge is 0.481 e. The van der Waals surface area contributed by atoms with Crippen LogP contribution < -0.4 is 10.2 Å². The van der Waals surface area contributed by atoms with Crippen LogP contribution in [-0.2, 0) is 4.79 Å². The van der Waals surface area contributed by atoms with Gasteiger partial charge in [-0.3, -0.25) is 4.79 Å². The lowest BCUT2D eigenvalue weighted by molar-refractivity contribution is -0.123. The number of hydrogen-bond donors (Lipinski definition) is 2. The smallest absolute Gasteiger partial charge is 0.277 e. The second-order valence-electron chi connectivity index (χ2n) is 3.91. The van der Waals surface area contributed by atoms with Crippen molar-refractivity contribution in [1.29, 1.82) is 0 Å².